The Balaban J connectivity index is 1.84. The van der Waals surface area contributed by atoms with E-state index < -0.39 is 0 Å². The summed E-state index contributed by atoms with van der Waals surface area (Å²) in [6, 6.07) is 5.34. The average molecular weight is 298 g/mol. The van der Waals surface area contributed by atoms with E-state index in [2.05, 4.69) is 31.5 Å². The molecule has 5 heteroatoms. The average Bonchev–Trinajstić information content (AvgIpc) is 2.37. The normalized spacial score (nSPS) is 19.9. The van der Waals surface area contributed by atoms with Crippen molar-refractivity contribution in [3.8, 4) is 0 Å². The molecule has 1 saturated heterocycles. The molecule has 2 heterocycles. The third-order valence-electron chi connectivity index (χ3n) is 2.90. The zero-order chi connectivity index (χ0) is 12.1. The number of carbonyl (C=O) groups excluding carboxylic acids is 1. The van der Waals surface area contributed by atoms with Crippen LogP contribution in [0, 0.1) is 5.92 Å². The monoisotopic (exact) mass is 297 g/mol. The first-order valence-electron chi connectivity index (χ1n) is 5.87. The van der Waals surface area contributed by atoms with Crippen molar-refractivity contribution in [1.82, 2.24) is 15.6 Å². The molecule has 0 bridgehead atoms. The van der Waals surface area contributed by atoms with Crippen molar-refractivity contribution in [1.29, 1.82) is 0 Å². The molecule has 2 rings (SSSR count). The van der Waals surface area contributed by atoms with E-state index in [1.807, 2.05) is 12.1 Å². The molecule has 17 heavy (non-hydrogen) atoms. The summed E-state index contributed by atoms with van der Waals surface area (Å²) in [5, 5.41) is 6.27. The Morgan fingerprint density at radius 3 is 3.18 bits per heavy atom. The fourth-order valence-corrected chi connectivity index (χ4v) is 2.30. The van der Waals surface area contributed by atoms with Crippen LogP contribution < -0.4 is 10.6 Å². The van der Waals surface area contributed by atoms with Gasteiger partial charge in [-0.25, -0.2) is 4.98 Å². The van der Waals surface area contributed by atoms with Crippen LogP contribution in [0.2, 0.25) is 0 Å². The van der Waals surface area contributed by atoms with Crippen LogP contribution in [-0.2, 0) is 0 Å². The minimum absolute atomic E-state index is 0.100. The fraction of sp³-hybridized carbons (Fsp3) is 0.500. The van der Waals surface area contributed by atoms with Crippen molar-refractivity contribution in [2.75, 3.05) is 19.6 Å². The summed E-state index contributed by atoms with van der Waals surface area (Å²) >= 11 is 3.26. The van der Waals surface area contributed by atoms with Gasteiger partial charge in [-0.05, 0) is 59.9 Å². The smallest absolute Gasteiger partial charge is 0.269 e. The molecular weight excluding hydrogens is 282 g/mol. The first-order valence-corrected chi connectivity index (χ1v) is 6.66. The maximum atomic E-state index is 11.8. The number of halogens is 1. The number of piperidine rings is 1. The highest BCUT2D eigenvalue weighted by Gasteiger charge is 2.14. The topological polar surface area (TPSA) is 54.0 Å². The van der Waals surface area contributed by atoms with Crippen molar-refractivity contribution < 1.29 is 4.79 Å². The molecular formula is C12H16BrN3O. The van der Waals surface area contributed by atoms with E-state index >= 15 is 0 Å². The molecule has 1 unspecified atom stereocenters. The zero-order valence-corrected chi connectivity index (χ0v) is 11.2. The van der Waals surface area contributed by atoms with Crippen molar-refractivity contribution in [2.24, 2.45) is 5.92 Å². The summed E-state index contributed by atoms with van der Waals surface area (Å²) in [4.78, 5) is 16.0. The third-order valence-corrected chi connectivity index (χ3v) is 3.34. The molecule has 0 aromatic carbocycles. The third kappa shape index (κ3) is 3.78. The van der Waals surface area contributed by atoms with Gasteiger partial charge in [0.1, 0.15) is 10.3 Å². The van der Waals surface area contributed by atoms with Gasteiger partial charge in [0.15, 0.2) is 0 Å². The first kappa shape index (κ1) is 12.5. The van der Waals surface area contributed by atoms with Crippen molar-refractivity contribution in [3.05, 3.63) is 28.5 Å². The second-order valence-corrected chi connectivity index (χ2v) is 5.08. The highest BCUT2D eigenvalue weighted by atomic mass is 79.9. The molecule has 1 atom stereocenters. The quantitative estimate of drug-likeness (QED) is 0.833. The van der Waals surface area contributed by atoms with Gasteiger partial charge in [-0.15, -0.1) is 0 Å². The number of aromatic nitrogens is 1. The molecule has 0 saturated carbocycles. The summed E-state index contributed by atoms with van der Waals surface area (Å²) in [5.41, 5.74) is 0.461. The van der Waals surface area contributed by atoms with Crippen molar-refractivity contribution in [3.63, 3.8) is 0 Å². The summed E-state index contributed by atoms with van der Waals surface area (Å²) in [6.07, 6.45) is 2.37. The molecule has 0 aliphatic carbocycles. The number of nitrogens with one attached hydrogen (secondary N) is 2. The highest BCUT2D eigenvalue weighted by molar-refractivity contribution is 9.10. The maximum absolute atomic E-state index is 11.8. The first-order chi connectivity index (χ1) is 8.25. The lowest BCUT2D eigenvalue weighted by molar-refractivity contribution is 0.0939. The summed E-state index contributed by atoms with van der Waals surface area (Å²) in [7, 11) is 0. The van der Waals surface area contributed by atoms with E-state index in [1.165, 1.54) is 12.8 Å². The Bertz CT molecular complexity index is 391. The molecule has 1 aliphatic heterocycles. The van der Waals surface area contributed by atoms with Gasteiger partial charge in [0.25, 0.3) is 5.91 Å². The van der Waals surface area contributed by atoms with Gasteiger partial charge < -0.3 is 10.6 Å². The Morgan fingerprint density at radius 1 is 1.59 bits per heavy atom. The standard InChI is InChI=1S/C12H16BrN3O/c13-11-5-1-4-10(16-11)12(17)15-8-9-3-2-6-14-7-9/h1,4-5,9,14H,2-3,6-8H2,(H,15,17). The molecule has 1 aliphatic rings. The van der Waals surface area contributed by atoms with E-state index in [-0.39, 0.29) is 5.91 Å². The van der Waals surface area contributed by atoms with E-state index in [0.717, 1.165) is 19.6 Å². The minimum Gasteiger partial charge on any atom is -0.350 e. The van der Waals surface area contributed by atoms with Crippen LogP contribution in [-0.4, -0.2) is 30.5 Å². The van der Waals surface area contributed by atoms with Gasteiger partial charge in [0, 0.05) is 6.54 Å². The molecule has 2 N–H and O–H groups in total. The van der Waals surface area contributed by atoms with Gasteiger partial charge in [-0.3, -0.25) is 4.79 Å². The van der Waals surface area contributed by atoms with Crippen molar-refractivity contribution >= 4 is 21.8 Å². The highest BCUT2D eigenvalue weighted by Crippen LogP contribution is 2.09. The Kier molecular flexibility index (Phi) is 4.50. The number of amides is 1. The predicted molar refractivity (Wildman–Crippen MR) is 69.9 cm³/mol. The molecule has 1 aromatic heterocycles. The minimum atomic E-state index is -0.100. The van der Waals surface area contributed by atoms with Crippen LogP contribution in [0.5, 0.6) is 0 Å². The largest absolute Gasteiger partial charge is 0.350 e. The second-order valence-electron chi connectivity index (χ2n) is 4.27. The summed E-state index contributed by atoms with van der Waals surface area (Å²) in [5.74, 6) is 0.441. The van der Waals surface area contributed by atoms with Crippen LogP contribution in [0.3, 0.4) is 0 Å². The molecule has 1 aromatic rings. The number of carbonyl (C=O) groups is 1. The van der Waals surface area contributed by atoms with Crippen molar-refractivity contribution in [2.45, 2.75) is 12.8 Å². The molecule has 1 fully saturated rings. The Labute approximate surface area is 109 Å². The summed E-state index contributed by atoms with van der Waals surface area (Å²) in [6.45, 7) is 2.81. The van der Waals surface area contributed by atoms with Gasteiger partial charge in [0.2, 0.25) is 0 Å². The van der Waals surface area contributed by atoms with Crippen LogP contribution in [0.4, 0.5) is 0 Å². The molecule has 0 radical (unpaired) electrons. The van der Waals surface area contributed by atoms with Gasteiger partial charge in [-0.2, -0.15) is 0 Å². The van der Waals surface area contributed by atoms with Gasteiger partial charge >= 0.3 is 0 Å². The maximum Gasteiger partial charge on any atom is 0.269 e. The predicted octanol–water partition coefficient (Wildman–Crippen LogP) is 1.57. The fourth-order valence-electron chi connectivity index (χ4n) is 1.96. The van der Waals surface area contributed by atoms with E-state index in [0.29, 0.717) is 16.2 Å². The van der Waals surface area contributed by atoms with Crippen LogP contribution in [0.1, 0.15) is 23.3 Å². The lowest BCUT2D eigenvalue weighted by Crippen LogP contribution is -2.38. The number of hydrogen-bond acceptors (Lipinski definition) is 3. The van der Waals surface area contributed by atoms with E-state index in [1.54, 1.807) is 6.07 Å². The zero-order valence-electron chi connectivity index (χ0n) is 9.58. The number of pyridine rings is 1. The SMILES string of the molecule is O=C(NCC1CCCNC1)c1cccc(Br)n1. The van der Waals surface area contributed by atoms with Gasteiger partial charge in [0.05, 0.1) is 0 Å². The number of hydrogen-bond donors (Lipinski definition) is 2. The Morgan fingerprint density at radius 2 is 2.47 bits per heavy atom. The van der Waals surface area contributed by atoms with E-state index in [9.17, 15) is 4.79 Å². The Hall–Kier alpha value is -0.940. The molecule has 92 valence electrons. The van der Waals surface area contributed by atoms with Crippen LogP contribution in [0.15, 0.2) is 22.8 Å². The number of nitrogens with zero attached hydrogens (tertiary/aromatic N) is 1. The molecule has 0 spiro atoms. The lowest BCUT2D eigenvalue weighted by atomic mass is 10.00. The molecule has 1 amide bonds. The van der Waals surface area contributed by atoms with E-state index in [4.69, 9.17) is 0 Å². The van der Waals surface area contributed by atoms with Gasteiger partial charge in [-0.1, -0.05) is 6.07 Å². The molecule has 4 nitrogen and oxygen atoms in total. The van der Waals surface area contributed by atoms with Crippen LogP contribution in [0.25, 0.3) is 0 Å². The summed E-state index contributed by atoms with van der Waals surface area (Å²) < 4.78 is 0.685. The number of rotatable bonds is 3. The second kappa shape index (κ2) is 6.12. The van der Waals surface area contributed by atoms with Crippen LogP contribution >= 0.6 is 15.9 Å². The lowest BCUT2D eigenvalue weighted by Gasteiger charge is -2.22.